The number of hydrogen-bond acceptors (Lipinski definition) is 5. The standard InChI is InChI=1S/C16H23FN2O4S/c1-22-16-10-14(17)2-3-15(16)18-5-7-19(8-6-18)24(20,21)12-13-4-9-23-11-13/h2-3,10,13H,4-9,11-12H2,1H3. The van der Waals surface area contributed by atoms with Gasteiger partial charge in [-0.05, 0) is 24.5 Å². The van der Waals surface area contributed by atoms with Crippen molar-refractivity contribution in [3.8, 4) is 5.75 Å². The van der Waals surface area contributed by atoms with Gasteiger partial charge in [0.1, 0.15) is 11.6 Å². The van der Waals surface area contributed by atoms with Crippen LogP contribution in [0.2, 0.25) is 0 Å². The zero-order valence-electron chi connectivity index (χ0n) is 13.8. The van der Waals surface area contributed by atoms with E-state index in [-0.39, 0.29) is 17.5 Å². The Morgan fingerprint density at radius 1 is 1.29 bits per heavy atom. The zero-order valence-corrected chi connectivity index (χ0v) is 14.6. The normalized spacial score (nSPS) is 22.8. The molecule has 8 heteroatoms. The molecule has 134 valence electrons. The van der Waals surface area contributed by atoms with Crippen molar-refractivity contribution in [3.63, 3.8) is 0 Å². The second-order valence-electron chi connectivity index (χ2n) is 6.21. The highest BCUT2D eigenvalue weighted by atomic mass is 32.2. The van der Waals surface area contributed by atoms with Gasteiger partial charge in [-0.2, -0.15) is 4.31 Å². The van der Waals surface area contributed by atoms with Crippen molar-refractivity contribution >= 4 is 15.7 Å². The fourth-order valence-electron chi connectivity index (χ4n) is 3.24. The molecule has 2 fully saturated rings. The summed E-state index contributed by atoms with van der Waals surface area (Å²) >= 11 is 0. The zero-order chi connectivity index (χ0) is 17.2. The molecule has 0 radical (unpaired) electrons. The Bertz CT molecular complexity index is 669. The molecule has 2 aliphatic rings. The lowest BCUT2D eigenvalue weighted by atomic mass is 10.2. The minimum absolute atomic E-state index is 0.102. The van der Waals surface area contributed by atoms with Crippen molar-refractivity contribution in [2.75, 3.05) is 57.2 Å². The van der Waals surface area contributed by atoms with Gasteiger partial charge in [0.25, 0.3) is 0 Å². The first-order valence-electron chi connectivity index (χ1n) is 8.13. The van der Waals surface area contributed by atoms with E-state index in [9.17, 15) is 12.8 Å². The highest BCUT2D eigenvalue weighted by molar-refractivity contribution is 7.89. The van der Waals surface area contributed by atoms with E-state index in [2.05, 4.69) is 0 Å². The second kappa shape index (κ2) is 7.25. The second-order valence-corrected chi connectivity index (χ2v) is 8.22. The van der Waals surface area contributed by atoms with Gasteiger partial charge in [0.2, 0.25) is 10.0 Å². The van der Waals surface area contributed by atoms with E-state index in [1.807, 2.05) is 4.90 Å². The lowest BCUT2D eigenvalue weighted by Crippen LogP contribution is -2.50. The Kier molecular flexibility index (Phi) is 5.27. The molecule has 2 saturated heterocycles. The number of ether oxygens (including phenoxy) is 2. The summed E-state index contributed by atoms with van der Waals surface area (Å²) in [4.78, 5) is 2.03. The minimum atomic E-state index is -3.26. The van der Waals surface area contributed by atoms with Crippen LogP contribution < -0.4 is 9.64 Å². The van der Waals surface area contributed by atoms with E-state index in [1.54, 1.807) is 10.4 Å². The number of anilines is 1. The van der Waals surface area contributed by atoms with Crippen LogP contribution in [0.1, 0.15) is 6.42 Å². The number of hydrogen-bond donors (Lipinski definition) is 0. The fraction of sp³-hybridized carbons (Fsp3) is 0.625. The van der Waals surface area contributed by atoms with Gasteiger partial charge in [-0.25, -0.2) is 12.8 Å². The van der Waals surface area contributed by atoms with Crippen LogP contribution in [0.15, 0.2) is 18.2 Å². The van der Waals surface area contributed by atoms with Gasteiger partial charge in [-0.1, -0.05) is 0 Å². The molecule has 1 aromatic carbocycles. The smallest absolute Gasteiger partial charge is 0.214 e. The van der Waals surface area contributed by atoms with Crippen LogP contribution in [0.4, 0.5) is 10.1 Å². The molecular weight excluding hydrogens is 335 g/mol. The molecule has 24 heavy (non-hydrogen) atoms. The summed E-state index contributed by atoms with van der Waals surface area (Å²) in [5.41, 5.74) is 0.792. The van der Waals surface area contributed by atoms with Gasteiger partial charge in [0.15, 0.2) is 0 Å². The molecule has 3 rings (SSSR count). The first kappa shape index (κ1) is 17.4. The fourth-order valence-corrected chi connectivity index (χ4v) is 5.03. The molecule has 0 N–H and O–H groups in total. The molecule has 2 aliphatic heterocycles. The van der Waals surface area contributed by atoms with Gasteiger partial charge in [-0.15, -0.1) is 0 Å². The van der Waals surface area contributed by atoms with E-state index < -0.39 is 10.0 Å². The maximum Gasteiger partial charge on any atom is 0.214 e. The van der Waals surface area contributed by atoms with Gasteiger partial charge in [-0.3, -0.25) is 0 Å². The average molecular weight is 358 g/mol. The van der Waals surface area contributed by atoms with Crippen LogP contribution in [-0.4, -0.2) is 65.0 Å². The Morgan fingerprint density at radius 3 is 2.67 bits per heavy atom. The van der Waals surface area contributed by atoms with Crippen LogP contribution in [0.25, 0.3) is 0 Å². The molecule has 2 heterocycles. The third kappa shape index (κ3) is 3.81. The molecule has 0 amide bonds. The Labute approximate surface area is 142 Å². The largest absolute Gasteiger partial charge is 0.494 e. The van der Waals surface area contributed by atoms with Gasteiger partial charge in [0, 0.05) is 38.9 Å². The monoisotopic (exact) mass is 358 g/mol. The van der Waals surface area contributed by atoms with Crippen molar-refractivity contribution < 1.29 is 22.3 Å². The predicted octanol–water partition coefficient (Wildman–Crippen LogP) is 1.32. The first-order chi connectivity index (χ1) is 11.5. The van der Waals surface area contributed by atoms with Crippen LogP contribution >= 0.6 is 0 Å². The molecule has 0 aromatic heterocycles. The van der Waals surface area contributed by atoms with Crippen molar-refractivity contribution in [3.05, 3.63) is 24.0 Å². The van der Waals surface area contributed by atoms with Crippen LogP contribution in [0, 0.1) is 11.7 Å². The lowest BCUT2D eigenvalue weighted by molar-refractivity contribution is 0.188. The van der Waals surface area contributed by atoms with Gasteiger partial charge < -0.3 is 14.4 Å². The SMILES string of the molecule is COc1cc(F)ccc1N1CCN(S(=O)(=O)CC2CCOC2)CC1. The van der Waals surface area contributed by atoms with Crippen LogP contribution in [-0.2, 0) is 14.8 Å². The number of nitrogens with zero attached hydrogens (tertiary/aromatic N) is 2. The number of piperazine rings is 1. The highest BCUT2D eigenvalue weighted by Gasteiger charge is 2.31. The molecule has 6 nitrogen and oxygen atoms in total. The van der Waals surface area contributed by atoms with E-state index >= 15 is 0 Å². The molecule has 1 atom stereocenters. The molecule has 0 bridgehead atoms. The van der Waals surface area contributed by atoms with Crippen molar-refractivity contribution in [1.29, 1.82) is 0 Å². The molecule has 0 saturated carbocycles. The minimum Gasteiger partial charge on any atom is -0.494 e. The van der Waals surface area contributed by atoms with E-state index in [4.69, 9.17) is 9.47 Å². The predicted molar refractivity (Wildman–Crippen MR) is 89.5 cm³/mol. The summed E-state index contributed by atoms with van der Waals surface area (Å²) in [5.74, 6) is 0.377. The molecule has 1 unspecified atom stereocenters. The van der Waals surface area contributed by atoms with Crippen molar-refractivity contribution in [2.24, 2.45) is 5.92 Å². The summed E-state index contributed by atoms with van der Waals surface area (Å²) in [7, 11) is -1.76. The van der Waals surface area contributed by atoms with Crippen LogP contribution in [0.3, 0.4) is 0 Å². The number of benzene rings is 1. The number of rotatable bonds is 5. The first-order valence-corrected chi connectivity index (χ1v) is 9.74. The molecule has 1 aromatic rings. The maximum absolute atomic E-state index is 13.3. The molecule has 0 spiro atoms. The van der Waals surface area contributed by atoms with E-state index in [0.717, 1.165) is 12.1 Å². The third-order valence-corrected chi connectivity index (χ3v) is 6.63. The Balaban J connectivity index is 1.63. The Hall–Kier alpha value is -1.38. The summed E-state index contributed by atoms with van der Waals surface area (Å²) in [5, 5.41) is 0. The summed E-state index contributed by atoms with van der Waals surface area (Å²) in [6.07, 6.45) is 0.811. The quantitative estimate of drug-likeness (QED) is 0.795. The van der Waals surface area contributed by atoms with E-state index in [0.29, 0.717) is 45.1 Å². The average Bonchev–Trinajstić information content (AvgIpc) is 3.07. The summed E-state index contributed by atoms with van der Waals surface area (Å²) in [6.45, 7) is 3.15. The topological polar surface area (TPSA) is 59.1 Å². The van der Waals surface area contributed by atoms with Gasteiger partial charge >= 0.3 is 0 Å². The maximum atomic E-state index is 13.3. The number of methoxy groups -OCH3 is 1. The lowest BCUT2D eigenvalue weighted by Gasteiger charge is -2.36. The third-order valence-electron chi connectivity index (χ3n) is 4.58. The van der Waals surface area contributed by atoms with E-state index in [1.165, 1.54) is 19.2 Å². The van der Waals surface area contributed by atoms with Gasteiger partial charge in [0.05, 0.1) is 25.2 Å². The van der Waals surface area contributed by atoms with Crippen molar-refractivity contribution in [1.82, 2.24) is 4.31 Å². The van der Waals surface area contributed by atoms with Crippen molar-refractivity contribution in [2.45, 2.75) is 6.42 Å². The number of halogens is 1. The van der Waals surface area contributed by atoms with Crippen LogP contribution in [0.5, 0.6) is 5.75 Å². The highest BCUT2D eigenvalue weighted by Crippen LogP contribution is 2.30. The summed E-state index contributed by atoms with van der Waals surface area (Å²) < 4.78 is 50.4. The number of sulfonamides is 1. The Morgan fingerprint density at radius 2 is 2.04 bits per heavy atom. The summed E-state index contributed by atoms with van der Waals surface area (Å²) in [6, 6.07) is 4.41. The molecular formula is C16H23FN2O4S. The molecule has 0 aliphatic carbocycles.